The van der Waals surface area contributed by atoms with E-state index in [1.165, 1.54) is 7.11 Å². The molecule has 24 heavy (non-hydrogen) atoms. The van der Waals surface area contributed by atoms with Gasteiger partial charge in [0.1, 0.15) is 0 Å². The van der Waals surface area contributed by atoms with Crippen molar-refractivity contribution >= 4 is 12.2 Å². The maximum Gasteiger partial charge on any atom is 0.255 e. The SMILES string of the molecule is COc1cc(Cc2c(-c3ccccc3)[nH]c(=S)[nH]c2=O)ccc1O. The largest absolute Gasteiger partial charge is 0.504 e. The number of H-pyrrole nitrogens is 2. The van der Waals surface area contributed by atoms with Crippen LogP contribution in [-0.2, 0) is 6.42 Å². The average Bonchev–Trinajstić information content (AvgIpc) is 2.59. The van der Waals surface area contributed by atoms with Crippen LogP contribution in [0.1, 0.15) is 11.1 Å². The summed E-state index contributed by atoms with van der Waals surface area (Å²) in [6.07, 6.45) is 0.377. The molecular formula is C18H16N2O3S. The first kappa shape index (κ1) is 16.0. The number of phenols is 1. The Kier molecular flexibility index (Phi) is 4.48. The molecule has 0 saturated carbocycles. The molecule has 3 N–H and O–H groups in total. The fraction of sp³-hybridized carbons (Fsp3) is 0.111. The quantitative estimate of drug-likeness (QED) is 0.636. The summed E-state index contributed by atoms with van der Waals surface area (Å²) in [5.74, 6) is 0.431. The Morgan fingerprint density at radius 2 is 1.88 bits per heavy atom. The lowest BCUT2D eigenvalue weighted by atomic mass is 10.0. The van der Waals surface area contributed by atoms with Gasteiger partial charge in [0.2, 0.25) is 0 Å². The van der Waals surface area contributed by atoms with E-state index in [2.05, 4.69) is 9.97 Å². The van der Waals surface area contributed by atoms with E-state index in [1.807, 2.05) is 30.3 Å². The number of methoxy groups -OCH3 is 1. The highest BCUT2D eigenvalue weighted by atomic mass is 32.1. The summed E-state index contributed by atoms with van der Waals surface area (Å²) in [5.41, 5.74) is 2.76. The van der Waals surface area contributed by atoms with Crippen molar-refractivity contribution in [1.29, 1.82) is 0 Å². The third-order valence-corrected chi connectivity index (χ3v) is 3.93. The first-order valence-corrected chi connectivity index (χ1v) is 7.76. The molecule has 3 rings (SSSR count). The number of ether oxygens (including phenoxy) is 1. The van der Waals surface area contributed by atoms with Gasteiger partial charge < -0.3 is 14.8 Å². The Morgan fingerprint density at radius 3 is 2.58 bits per heavy atom. The van der Waals surface area contributed by atoms with Crippen LogP contribution in [0.3, 0.4) is 0 Å². The monoisotopic (exact) mass is 340 g/mol. The van der Waals surface area contributed by atoms with Gasteiger partial charge in [-0.15, -0.1) is 0 Å². The Labute approximate surface area is 143 Å². The number of phenolic OH excluding ortho intramolecular Hbond substituents is 1. The van der Waals surface area contributed by atoms with Gasteiger partial charge >= 0.3 is 0 Å². The van der Waals surface area contributed by atoms with Gasteiger partial charge in [-0.05, 0) is 35.5 Å². The maximum absolute atomic E-state index is 12.4. The Bertz CT molecular complexity index is 978. The maximum atomic E-state index is 12.4. The minimum Gasteiger partial charge on any atom is -0.504 e. The van der Waals surface area contributed by atoms with Crippen LogP contribution in [-0.4, -0.2) is 22.2 Å². The second-order valence-electron chi connectivity index (χ2n) is 5.31. The first-order valence-electron chi connectivity index (χ1n) is 7.35. The first-order chi connectivity index (χ1) is 11.6. The van der Waals surface area contributed by atoms with Crippen LogP contribution in [0.25, 0.3) is 11.3 Å². The van der Waals surface area contributed by atoms with Crippen LogP contribution in [0.5, 0.6) is 11.5 Å². The summed E-state index contributed by atoms with van der Waals surface area (Å²) in [4.78, 5) is 18.1. The minimum absolute atomic E-state index is 0.0610. The number of rotatable bonds is 4. The molecule has 0 amide bonds. The van der Waals surface area contributed by atoms with Crippen LogP contribution in [0.2, 0.25) is 0 Å². The highest BCUT2D eigenvalue weighted by Gasteiger charge is 2.12. The third kappa shape index (κ3) is 3.23. The van der Waals surface area contributed by atoms with Gasteiger partial charge in [0, 0.05) is 12.0 Å². The van der Waals surface area contributed by atoms with Crippen molar-refractivity contribution in [1.82, 2.24) is 9.97 Å². The fourth-order valence-corrected chi connectivity index (χ4v) is 2.76. The molecule has 2 aromatic carbocycles. The predicted molar refractivity (Wildman–Crippen MR) is 95.1 cm³/mol. The molecule has 122 valence electrons. The Morgan fingerprint density at radius 1 is 1.12 bits per heavy atom. The molecule has 0 saturated heterocycles. The summed E-state index contributed by atoms with van der Waals surface area (Å²) in [5, 5.41) is 9.71. The van der Waals surface area contributed by atoms with E-state index in [4.69, 9.17) is 17.0 Å². The van der Waals surface area contributed by atoms with Gasteiger partial charge in [-0.25, -0.2) is 0 Å². The van der Waals surface area contributed by atoms with Gasteiger partial charge in [-0.1, -0.05) is 36.4 Å². The molecule has 3 aromatic rings. The van der Waals surface area contributed by atoms with Crippen LogP contribution in [0, 0.1) is 4.77 Å². The lowest BCUT2D eigenvalue weighted by molar-refractivity contribution is 0.373. The van der Waals surface area contributed by atoms with E-state index in [1.54, 1.807) is 18.2 Å². The molecule has 0 aliphatic carbocycles. The second-order valence-corrected chi connectivity index (χ2v) is 5.72. The molecule has 6 heteroatoms. The highest BCUT2D eigenvalue weighted by molar-refractivity contribution is 7.71. The normalized spacial score (nSPS) is 10.5. The summed E-state index contributed by atoms with van der Waals surface area (Å²) in [6, 6.07) is 14.6. The van der Waals surface area contributed by atoms with E-state index >= 15 is 0 Å². The number of aromatic amines is 2. The molecule has 0 bridgehead atoms. The van der Waals surface area contributed by atoms with Gasteiger partial charge in [0.05, 0.1) is 12.8 Å². The summed E-state index contributed by atoms with van der Waals surface area (Å²) >= 11 is 5.10. The molecule has 0 unspecified atom stereocenters. The van der Waals surface area contributed by atoms with E-state index in [0.29, 0.717) is 23.4 Å². The molecule has 0 aliphatic heterocycles. The smallest absolute Gasteiger partial charge is 0.255 e. The average molecular weight is 340 g/mol. The predicted octanol–water partition coefficient (Wildman–Crippen LogP) is 3.40. The Balaban J connectivity index is 2.11. The van der Waals surface area contributed by atoms with Crippen molar-refractivity contribution in [2.45, 2.75) is 6.42 Å². The molecule has 0 aliphatic rings. The highest BCUT2D eigenvalue weighted by Crippen LogP contribution is 2.28. The van der Waals surface area contributed by atoms with Crippen molar-refractivity contribution < 1.29 is 9.84 Å². The van der Waals surface area contributed by atoms with Gasteiger partial charge in [0.25, 0.3) is 5.56 Å². The van der Waals surface area contributed by atoms with Crippen molar-refractivity contribution in [3.63, 3.8) is 0 Å². The zero-order valence-corrected chi connectivity index (χ0v) is 13.8. The number of nitrogens with one attached hydrogen (secondary N) is 2. The number of benzene rings is 2. The zero-order chi connectivity index (χ0) is 17.1. The number of hydrogen-bond acceptors (Lipinski definition) is 4. The van der Waals surface area contributed by atoms with Crippen molar-refractivity contribution in [3.8, 4) is 22.8 Å². The fourth-order valence-electron chi connectivity index (χ4n) is 2.57. The van der Waals surface area contributed by atoms with Gasteiger partial charge in [-0.2, -0.15) is 0 Å². The van der Waals surface area contributed by atoms with Crippen LogP contribution in [0.15, 0.2) is 53.3 Å². The number of hydrogen-bond donors (Lipinski definition) is 3. The molecule has 1 heterocycles. The van der Waals surface area contributed by atoms with Crippen molar-refractivity contribution in [2.24, 2.45) is 0 Å². The second kappa shape index (κ2) is 6.72. The third-order valence-electron chi connectivity index (χ3n) is 3.73. The van der Waals surface area contributed by atoms with E-state index in [-0.39, 0.29) is 16.1 Å². The van der Waals surface area contributed by atoms with E-state index in [9.17, 15) is 9.90 Å². The number of aromatic nitrogens is 2. The summed E-state index contributed by atoms with van der Waals surface area (Å²) in [7, 11) is 1.49. The van der Waals surface area contributed by atoms with Crippen molar-refractivity contribution in [2.75, 3.05) is 7.11 Å². The molecule has 1 aromatic heterocycles. The van der Waals surface area contributed by atoms with Gasteiger partial charge in [0.15, 0.2) is 16.3 Å². The Hall–Kier alpha value is -2.86. The molecule has 5 nitrogen and oxygen atoms in total. The summed E-state index contributed by atoms with van der Waals surface area (Å²) in [6.45, 7) is 0. The summed E-state index contributed by atoms with van der Waals surface area (Å²) < 4.78 is 5.41. The molecule has 0 spiro atoms. The van der Waals surface area contributed by atoms with Crippen LogP contribution >= 0.6 is 12.2 Å². The minimum atomic E-state index is -0.232. The van der Waals surface area contributed by atoms with Gasteiger partial charge in [-0.3, -0.25) is 9.78 Å². The zero-order valence-electron chi connectivity index (χ0n) is 13.0. The molecular weight excluding hydrogens is 324 g/mol. The van der Waals surface area contributed by atoms with E-state index < -0.39 is 0 Å². The van der Waals surface area contributed by atoms with E-state index in [0.717, 1.165) is 11.1 Å². The topological polar surface area (TPSA) is 78.1 Å². The molecule has 0 fully saturated rings. The lowest BCUT2D eigenvalue weighted by Gasteiger charge is -2.10. The van der Waals surface area contributed by atoms with Crippen LogP contribution < -0.4 is 10.3 Å². The van der Waals surface area contributed by atoms with Crippen molar-refractivity contribution in [3.05, 3.63) is 74.8 Å². The molecule has 0 atom stereocenters. The number of aromatic hydroxyl groups is 1. The standard InChI is InChI=1S/C18H16N2O3S/c1-23-15-10-11(7-8-14(15)21)9-13-16(12-5-3-2-4-6-12)19-18(24)20-17(13)22/h2-8,10,21H,9H2,1H3,(H2,19,20,22,24). The van der Waals surface area contributed by atoms with Crippen LogP contribution in [0.4, 0.5) is 0 Å². The lowest BCUT2D eigenvalue weighted by Crippen LogP contribution is -2.16. The molecule has 0 radical (unpaired) electrons.